The Morgan fingerprint density at radius 1 is 1.11 bits per heavy atom. The van der Waals surface area contributed by atoms with Gasteiger partial charge in [-0.05, 0) is 31.4 Å². The van der Waals surface area contributed by atoms with Crippen LogP contribution in [0.5, 0.6) is 11.5 Å². The molecular formula is C14H23NO3. The Morgan fingerprint density at radius 2 is 1.72 bits per heavy atom. The highest BCUT2D eigenvalue weighted by atomic mass is 16.5. The first-order valence-corrected chi connectivity index (χ1v) is 6.18. The van der Waals surface area contributed by atoms with Crippen LogP contribution in [0.3, 0.4) is 0 Å². The van der Waals surface area contributed by atoms with Gasteiger partial charge in [0.25, 0.3) is 0 Å². The van der Waals surface area contributed by atoms with Gasteiger partial charge >= 0.3 is 0 Å². The molecule has 18 heavy (non-hydrogen) atoms. The molecule has 0 aliphatic rings. The Hall–Kier alpha value is -1.42. The summed E-state index contributed by atoms with van der Waals surface area (Å²) in [6, 6.07) is 3.98. The molecule has 1 rings (SSSR count). The van der Waals surface area contributed by atoms with Gasteiger partial charge < -0.3 is 19.5 Å². The van der Waals surface area contributed by atoms with Crippen molar-refractivity contribution in [3.8, 4) is 11.5 Å². The topological polar surface area (TPSA) is 41.9 Å². The van der Waals surface area contributed by atoms with Crippen molar-refractivity contribution in [2.45, 2.75) is 19.8 Å². The molecule has 0 saturated heterocycles. The van der Waals surface area contributed by atoms with E-state index < -0.39 is 0 Å². The van der Waals surface area contributed by atoms with Gasteiger partial charge in [0, 0.05) is 32.0 Å². The molecule has 0 spiro atoms. The monoisotopic (exact) mass is 253 g/mol. The number of hydrogen-bond donors (Lipinski definition) is 1. The van der Waals surface area contributed by atoms with Gasteiger partial charge in [-0.15, -0.1) is 0 Å². The average Bonchev–Trinajstić information content (AvgIpc) is 2.38. The van der Waals surface area contributed by atoms with E-state index in [1.165, 1.54) is 0 Å². The first-order chi connectivity index (χ1) is 8.63. The number of aliphatic hydroxyl groups is 1. The molecule has 0 heterocycles. The summed E-state index contributed by atoms with van der Waals surface area (Å²) in [5, 5.41) is 8.80. The van der Waals surface area contributed by atoms with Gasteiger partial charge in [-0.25, -0.2) is 0 Å². The Bertz CT molecular complexity index is 380. The van der Waals surface area contributed by atoms with E-state index in [1.54, 1.807) is 14.2 Å². The van der Waals surface area contributed by atoms with E-state index in [0.717, 1.165) is 42.1 Å². The predicted octanol–water partition coefficient (Wildman–Crippen LogP) is 2.22. The standard InChI is InChI=1S/C14H23NO3/c1-11-9-13(17-3)14(18-4)10-12(11)15(2)7-5-6-8-16/h9-10,16H,5-8H2,1-4H3. The van der Waals surface area contributed by atoms with Crippen molar-refractivity contribution in [3.05, 3.63) is 17.7 Å². The van der Waals surface area contributed by atoms with Crippen LogP contribution in [0.1, 0.15) is 18.4 Å². The molecule has 1 aromatic rings. The lowest BCUT2D eigenvalue weighted by molar-refractivity contribution is 0.285. The summed E-state index contributed by atoms with van der Waals surface area (Å²) in [7, 11) is 5.33. The minimum atomic E-state index is 0.249. The second-order valence-corrected chi connectivity index (χ2v) is 4.35. The first-order valence-electron chi connectivity index (χ1n) is 6.18. The maximum Gasteiger partial charge on any atom is 0.162 e. The summed E-state index contributed by atoms with van der Waals surface area (Å²) in [5.41, 5.74) is 2.28. The molecule has 102 valence electrons. The SMILES string of the molecule is COc1cc(C)c(N(C)CCCCO)cc1OC. The number of aryl methyl sites for hydroxylation is 1. The Labute approximate surface area is 109 Å². The van der Waals surface area contributed by atoms with Crippen LogP contribution in [0, 0.1) is 6.92 Å². The predicted molar refractivity (Wildman–Crippen MR) is 73.9 cm³/mol. The summed E-state index contributed by atoms with van der Waals surface area (Å²) in [5.74, 6) is 1.50. The van der Waals surface area contributed by atoms with Crippen molar-refractivity contribution in [3.63, 3.8) is 0 Å². The summed E-state index contributed by atoms with van der Waals surface area (Å²) in [4.78, 5) is 2.17. The lowest BCUT2D eigenvalue weighted by Crippen LogP contribution is -2.19. The highest BCUT2D eigenvalue weighted by Gasteiger charge is 2.11. The highest BCUT2D eigenvalue weighted by molar-refractivity contribution is 5.61. The minimum Gasteiger partial charge on any atom is -0.493 e. The lowest BCUT2D eigenvalue weighted by Gasteiger charge is -2.23. The zero-order valence-electron chi connectivity index (χ0n) is 11.7. The third-order valence-electron chi connectivity index (χ3n) is 3.01. The smallest absolute Gasteiger partial charge is 0.162 e. The number of unbranched alkanes of at least 4 members (excludes halogenated alkanes) is 1. The number of methoxy groups -OCH3 is 2. The first kappa shape index (κ1) is 14.6. The number of anilines is 1. The van der Waals surface area contributed by atoms with Crippen molar-refractivity contribution in [1.82, 2.24) is 0 Å². The van der Waals surface area contributed by atoms with Crippen molar-refractivity contribution in [2.75, 3.05) is 39.3 Å². The van der Waals surface area contributed by atoms with Crippen LogP contribution in [0.25, 0.3) is 0 Å². The van der Waals surface area contributed by atoms with Crippen LogP contribution in [0.15, 0.2) is 12.1 Å². The molecular weight excluding hydrogens is 230 g/mol. The van der Waals surface area contributed by atoms with E-state index in [-0.39, 0.29) is 6.61 Å². The van der Waals surface area contributed by atoms with Gasteiger partial charge in [-0.2, -0.15) is 0 Å². The van der Waals surface area contributed by atoms with E-state index >= 15 is 0 Å². The van der Waals surface area contributed by atoms with Crippen LogP contribution in [-0.4, -0.2) is 39.5 Å². The van der Waals surface area contributed by atoms with Crippen LogP contribution in [-0.2, 0) is 0 Å². The normalized spacial score (nSPS) is 10.3. The zero-order valence-corrected chi connectivity index (χ0v) is 11.7. The van der Waals surface area contributed by atoms with Crippen molar-refractivity contribution in [1.29, 1.82) is 0 Å². The van der Waals surface area contributed by atoms with E-state index in [4.69, 9.17) is 14.6 Å². The molecule has 0 atom stereocenters. The third-order valence-corrected chi connectivity index (χ3v) is 3.01. The lowest BCUT2D eigenvalue weighted by atomic mass is 10.1. The van der Waals surface area contributed by atoms with E-state index in [0.29, 0.717) is 0 Å². The molecule has 0 amide bonds. The fourth-order valence-electron chi connectivity index (χ4n) is 1.96. The van der Waals surface area contributed by atoms with E-state index in [9.17, 15) is 0 Å². The van der Waals surface area contributed by atoms with Gasteiger partial charge in [0.05, 0.1) is 14.2 Å². The van der Waals surface area contributed by atoms with Crippen LogP contribution >= 0.6 is 0 Å². The fourth-order valence-corrected chi connectivity index (χ4v) is 1.96. The summed E-state index contributed by atoms with van der Waals surface area (Å²) in [6.45, 7) is 3.22. The van der Waals surface area contributed by atoms with Crippen LogP contribution in [0.2, 0.25) is 0 Å². The molecule has 0 bridgehead atoms. The molecule has 0 aliphatic carbocycles. The molecule has 0 radical (unpaired) electrons. The van der Waals surface area contributed by atoms with Crippen molar-refractivity contribution >= 4 is 5.69 Å². The van der Waals surface area contributed by atoms with Crippen LogP contribution in [0.4, 0.5) is 5.69 Å². The number of benzene rings is 1. The van der Waals surface area contributed by atoms with E-state index in [1.807, 2.05) is 19.2 Å². The molecule has 1 N–H and O–H groups in total. The molecule has 1 aromatic carbocycles. The van der Waals surface area contributed by atoms with Gasteiger partial charge in [0.1, 0.15) is 0 Å². The maximum atomic E-state index is 8.80. The zero-order chi connectivity index (χ0) is 13.5. The Morgan fingerprint density at radius 3 is 2.28 bits per heavy atom. The second-order valence-electron chi connectivity index (χ2n) is 4.35. The van der Waals surface area contributed by atoms with Gasteiger partial charge in [0.15, 0.2) is 11.5 Å². The van der Waals surface area contributed by atoms with Gasteiger partial charge in [-0.3, -0.25) is 0 Å². The maximum absolute atomic E-state index is 8.80. The van der Waals surface area contributed by atoms with Crippen molar-refractivity contribution in [2.24, 2.45) is 0 Å². The van der Waals surface area contributed by atoms with Crippen LogP contribution < -0.4 is 14.4 Å². The minimum absolute atomic E-state index is 0.249. The summed E-state index contributed by atoms with van der Waals surface area (Å²) < 4.78 is 10.6. The number of rotatable bonds is 7. The largest absolute Gasteiger partial charge is 0.493 e. The number of ether oxygens (including phenoxy) is 2. The van der Waals surface area contributed by atoms with Gasteiger partial charge in [0.2, 0.25) is 0 Å². The average molecular weight is 253 g/mol. The van der Waals surface area contributed by atoms with Gasteiger partial charge in [-0.1, -0.05) is 0 Å². The molecule has 0 aliphatic heterocycles. The third kappa shape index (κ3) is 3.53. The number of hydrogen-bond acceptors (Lipinski definition) is 4. The molecule has 4 heteroatoms. The summed E-state index contributed by atoms with van der Waals surface area (Å²) >= 11 is 0. The number of nitrogens with zero attached hydrogens (tertiary/aromatic N) is 1. The highest BCUT2D eigenvalue weighted by Crippen LogP contribution is 2.34. The fraction of sp³-hybridized carbons (Fsp3) is 0.571. The number of aliphatic hydroxyl groups excluding tert-OH is 1. The molecule has 0 saturated carbocycles. The van der Waals surface area contributed by atoms with E-state index in [2.05, 4.69) is 11.8 Å². The Kier molecular flexibility index (Phi) is 5.78. The van der Waals surface area contributed by atoms with Crippen molar-refractivity contribution < 1.29 is 14.6 Å². The summed E-state index contributed by atoms with van der Waals surface area (Å²) in [6.07, 6.45) is 1.80. The Balaban J connectivity index is 2.87. The molecule has 0 unspecified atom stereocenters. The quantitative estimate of drug-likeness (QED) is 0.757. The second kappa shape index (κ2) is 7.11. The molecule has 0 aromatic heterocycles. The molecule has 0 fully saturated rings. The molecule has 4 nitrogen and oxygen atoms in total.